The number of hydrogen-bond donors (Lipinski definition) is 1. The van der Waals surface area contributed by atoms with Crippen LogP contribution in [0, 0.1) is 5.82 Å². The van der Waals surface area contributed by atoms with Gasteiger partial charge in [0.05, 0.1) is 5.56 Å². The zero-order valence-corrected chi connectivity index (χ0v) is 8.95. The molecule has 4 heteroatoms. The van der Waals surface area contributed by atoms with Gasteiger partial charge in [-0.15, -0.1) is 0 Å². The van der Waals surface area contributed by atoms with Crippen LogP contribution in [-0.2, 0) is 0 Å². The molecule has 1 aromatic rings. The van der Waals surface area contributed by atoms with Crippen LogP contribution in [0.3, 0.4) is 0 Å². The Morgan fingerprint density at radius 3 is 2.86 bits per heavy atom. The van der Waals surface area contributed by atoms with Crippen molar-refractivity contribution in [3.05, 3.63) is 29.6 Å². The molecule has 0 saturated carbocycles. The summed E-state index contributed by atoms with van der Waals surface area (Å²) in [6.07, 6.45) is 1.68. The average Bonchev–Trinajstić information content (AvgIpc) is 2.20. The second-order valence-electron chi connectivity index (χ2n) is 2.71. The first-order valence-electron chi connectivity index (χ1n) is 4.30. The standard InChI is InChI=1S/C10H12FNOS/c1-3-12-9-5-4-7(11)6-8(9)10(13)14-2/h4-6,12H,3H2,1-2H3. The minimum atomic E-state index is -0.385. The van der Waals surface area contributed by atoms with Crippen molar-refractivity contribution < 1.29 is 9.18 Å². The number of nitrogens with one attached hydrogen (secondary N) is 1. The van der Waals surface area contributed by atoms with Gasteiger partial charge in [0.25, 0.3) is 0 Å². The zero-order chi connectivity index (χ0) is 10.6. The van der Waals surface area contributed by atoms with E-state index in [9.17, 15) is 9.18 Å². The lowest BCUT2D eigenvalue weighted by molar-refractivity contribution is 0.108. The molecule has 14 heavy (non-hydrogen) atoms. The van der Waals surface area contributed by atoms with E-state index in [1.807, 2.05) is 6.92 Å². The molecule has 0 spiro atoms. The van der Waals surface area contributed by atoms with Crippen molar-refractivity contribution >= 4 is 22.6 Å². The molecule has 0 amide bonds. The summed E-state index contributed by atoms with van der Waals surface area (Å²) in [5.41, 5.74) is 1.09. The van der Waals surface area contributed by atoms with Gasteiger partial charge in [-0.05, 0) is 31.4 Å². The van der Waals surface area contributed by atoms with E-state index in [0.29, 0.717) is 17.8 Å². The Kier molecular flexibility index (Phi) is 3.95. The highest BCUT2D eigenvalue weighted by atomic mass is 32.2. The average molecular weight is 213 g/mol. The lowest BCUT2D eigenvalue weighted by Gasteiger charge is -2.08. The van der Waals surface area contributed by atoms with Crippen LogP contribution in [0.2, 0.25) is 0 Å². The predicted molar refractivity (Wildman–Crippen MR) is 58.4 cm³/mol. The molecule has 0 atom stereocenters. The number of thioether (sulfide) groups is 1. The Morgan fingerprint density at radius 2 is 2.29 bits per heavy atom. The molecule has 0 aliphatic rings. The Hall–Kier alpha value is -1.03. The second kappa shape index (κ2) is 5.00. The number of halogens is 1. The van der Waals surface area contributed by atoms with Crippen molar-refractivity contribution in [2.45, 2.75) is 6.92 Å². The second-order valence-corrected chi connectivity index (χ2v) is 3.49. The van der Waals surface area contributed by atoms with Gasteiger partial charge >= 0.3 is 0 Å². The van der Waals surface area contributed by atoms with Crippen LogP contribution < -0.4 is 5.32 Å². The topological polar surface area (TPSA) is 29.1 Å². The molecule has 1 N–H and O–H groups in total. The van der Waals surface area contributed by atoms with Crippen LogP contribution in [0.5, 0.6) is 0 Å². The highest BCUT2D eigenvalue weighted by Crippen LogP contribution is 2.21. The van der Waals surface area contributed by atoms with Gasteiger partial charge in [-0.25, -0.2) is 4.39 Å². The Morgan fingerprint density at radius 1 is 1.57 bits per heavy atom. The number of carbonyl (C=O) groups excluding carboxylic acids is 1. The Bertz CT molecular complexity index is 341. The van der Waals surface area contributed by atoms with E-state index in [-0.39, 0.29) is 10.9 Å². The largest absolute Gasteiger partial charge is 0.385 e. The molecule has 0 aliphatic carbocycles. The Labute approximate surface area is 86.9 Å². The molecule has 0 heterocycles. The molecule has 1 rings (SSSR count). The summed E-state index contributed by atoms with van der Waals surface area (Å²) in [6.45, 7) is 2.64. The molecule has 0 saturated heterocycles. The van der Waals surface area contributed by atoms with Crippen molar-refractivity contribution in [2.24, 2.45) is 0 Å². The van der Waals surface area contributed by atoms with Crippen molar-refractivity contribution in [1.82, 2.24) is 0 Å². The van der Waals surface area contributed by atoms with Crippen LogP contribution in [0.1, 0.15) is 17.3 Å². The van der Waals surface area contributed by atoms with Crippen LogP contribution in [0.25, 0.3) is 0 Å². The molecule has 0 aromatic heterocycles. The van der Waals surface area contributed by atoms with E-state index in [1.54, 1.807) is 12.3 Å². The monoisotopic (exact) mass is 213 g/mol. The molecular weight excluding hydrogens is 201 g/mol. The number of benzene rings is 1. The maximum absolute atomic E-state index is 12.9. The summed E-state index contributed by atoms with van der Waals surface area (Å²) in [4.78, 5) is 11.4. The summed E-state index contributed by atoms with van der Waals surface area (Å²) in [5, 5.41) is 2.89. The van der Waals surface area contributed by atoms with E-state index in [1.165, 1.54) is 12.1 Å². The normalized spacial score (nSPS) is 9.93. The maximum atomic E-state index is 12.9. The number of anilines is 1. The molecule has 2 nitrogen and oxygen atoms in total. The molecule has 0 radical (unpaired) electrons. The van der Waals surface area contributed by atoms with Gasteiger partial charge in [-0.1, -0.05) is 11.8 Å². The van der Waals surface area contributed by atoms with Crippen LogP contribution in [-0.4, -0.2) is 17.9 Å². The number of hydrogen-bond acceptors (Lipinski definition) is 3. The van der Waals surface area contributed by atoms with Crippen molar-refractivity contribution in [3.63, 3.8) is 0 Å². The third kappa shape index (κ3) is 2.48. The summed E-state index contributed by atoms with van der Waals surface area (Å²) in [7, 11) is 0. The van der Waals surface area contributed by atoms with Crippen LogP contribution >= 0.6 is 11.8 Å². The summed E-state index contributed by atoms with van der Waals surface area (Å²) >= 11 is 1.08. The van der Waals surface area contributed by atoms with Gasteiger partial charge in [0.1, 0.15) is 5.82 Å². The lowest BCUT2D eigenvalue weighted by Crippen LogP contribution is -2.04. The summed E-state index contributed by atoms with van der Waals surface area (Å²) < 4.78 is 12.9. The molecule has 0 unspecified atom stereocenters. The third-order valence-corrected chi connectivity index (χ3v) is 2.34. The molecule has 1 aromatic carbocycles. The van der Waals surface area contributed by atoms with Gasteiger partial charge in [-0.3, -0.25) is 4.79 Å². The van der Waals surface area contributed by atoms with E-state index < -0.39 is 0 Å². The zero-order valence-electron chi connectivity index (χ0n) is 8.13. The van der Waals surface area contributed by atoms with E-state index in [2.05, 4.69) is 5.32 Å². The number of rotatable bonds is 3. The molecule has 76 valence electrons. The van der Waals surface area contributed by atoms with Gasteiger partial charge in [-0.2, -0.15) is 0 Å². The van der Waals surface area contributed by atoms with E-state index in [4.69, 9.17) is 0 Å². The lowest BCUT2D eigenvalue weighted by atomic mass is 10.2. The Balaban J connectivity index is 3.08. The van der Waals surface area contributed by atoms with Crippen molar-refractivity contribution in [1.29, 1.82) is 0 Å². The highest BCUT2D eigenvalue weighted by molar-refractivity contribution is 8.13. The predicted octanol–water partition coefficient (Wildman–Crippen LogP) is 2.76. The first kappa shape index (κ1) is 11.0. The first-order chi connectivity index (χ1) is 6.69. The smallest absolute Gasteiger partial charge is 0.221 e. The van der Waals surface area contributed by atoms with Crippen LogP contribution in [0.4, 0.5) is 10.1 Å². The fourth-order valence-electron chi connectivity index (χ4n) is 1.14. The van der Waals surface area contributed by atoms with E-state index in [0.717, 1.165) is 11.8 Å². The maximum Gasteiger partial charge on any atom is 0.221 e. The van der Waals surface area contributed by atoms with Crippen LogP contribution in [0.15, 0.2) is 18.2 Å². The van der Waals surface area contributed by atoms with Gasteiger partial charge in [0, 0.05) is 12.2 Å². The molecule has 0 aliphatic heterocycles. The first-order valence-corrected chi connectivity index (χ1v) is 5.53. The fraction of sp³-hybridized carbons (Fsp3) is 0.300. The van der Waals surface area contributed by atoms with Gasteiger partial charge in [0.15, 0.2) is 0 Å². The molecule has 0 bridgehead atoms. The minimum absolute atomic E-state index is 0.125. The summed E-state index contributed by atoms with van der Waals surface area (Å²) in [6, 6.07) is 4.19. The minimum Gasteiger partial charge on any atom is -0.385 e. The van der Waals surface area contributed by atoms with E-state index >= 15 is 0 Å². The van der Waals surface area contributed by atoms with Crippen molar-refractivity contribution in [2.75, 3.05) is 18.1 Å². The number of carbonyl (C=O) groups is 1. The fourth-order valence-corrected chi connectivity index (χ4v) is 1.53. The van der Waals surface area contributed by atoms with Gasteiger partial charge < -0.3 is 5.32 Å². The quantitative estimate of drug-likeness (QED) is 0.837. The van der Waals surface area contributed by atoms with Crippen molar-refractivity contribution in [3.8, 4) is 0 Å². The van der Waals surface area contributed by atoms with Gasteiger partial charge in [0.2, 0.25) is 5.12 Å². The highest BCUT2D eigenvalue weighted by Gasteiger charge is 2.10. The SMILES string of the molecule is CCNc1ccc(F)cc1C(=O)SC. The summed E-state index contributed by atoms with van der Waals surface area (Å²) in [5.74, 6) is -0.385. The third-order valence-electron chi connectivity index (χ3n) is 1.75. The molecule has 0 fully saturated rings. The molecular formula is C10H12FNOS.